The van der Waals surface area contributed by atoms with Gasteiger partial charge in [-0.3, -0.25) is 4.79 Å². The van der Waals surface area contributed by atoms with Crippen molar-refractivity contribution in [2.75, 3.05) is 32.8 Å². The standard InChI is InChI=1S/C22H36N4O3/c1-6-23-22(24-11-10-21(27)26(7-2)8-3)25-15-18-14-20-17(12-16(5)29-20)13-19(18)28-9-4/h13-14,16H,6-12,15H2,1-5H3,(H2,23,24,25). The molecule has 2 N–H and O–H groups in total. The van der Waals surface area contributed by atoms with Crippen molar-refractivity contribution in [1.29, 1.82) is 0 Å². The molecule has 1 atom stereocenters. The number of carbonyl (C=O) groups excluding carboxylic acids is 1. The number of nitrogens with zero attached hydrogens (tertiary/aromatic N) is 2. The van der Waals surface area contributed by atoms with Crippen LogP contribution in [-0.4, -0.2) is 55.7 Å². The largest absolute Gasteiger partial charge is 0.494 e. The van der Waals surface area contributed by atoms with Gasteiger partial charge in [-0.1, -0.05) is 0 Å². The van der Waals surface area contributed by atoms with E-state index in [1.165, 1.54) is 5.56 Å². The second-order valence-electron chi connectivity index (χ2n) is 7.07. The van der Waals surface area contributed by atoms with E-state index in [4.69, 9.17) is 9.47 Å². The van der Waals surface area contributed by atoms with Gasteiger partial charge in [0, 0.05) is 50.1 Å². The van der Waals surface area contributed by atoms with Gasteiger partial charge in [-0.2, -0.15) is 0 Å². The highest BCUT2D eigenvalue weighted by Crippen LogP contribution is 2.35. The number of amides is 1. The van der Waals surface area contributed by atoms with E-state index >= 15 is 0 Å². The second-order valence-corrected chi connectivity index (χ2v) is 7.07. The van der Waals surface area contributed by atoms with Crippen LogP contribution < -0.4 is 20.1 Å². The van der Waals surface area contributed by atoms with E-state index in [9.17, 15) is 4.79 Å². The van der Waals surface area contributed by atoms with Crippen LogP contribution >= 0.6 is 0 Å². The molecule has 0 saturated heterocycles. The molecule has 1 aromatic carbocycles. The van der Waals surface area contributed by atoms with Crippen LogP contribution in [0.25, 0.3) is 0 Å². The van der Waals surface area contributed by atoms with E-state index < -0.39 is 0 Å². The first-order chi connectivity index (χ1) is 14.0. The Morgan fingerprint density at radius 1 is 1.24 bits per heavy atom. The lowest BCUT2D eigenvalue weighted by Crippen LogP contribution is -2.40. The third-order valence-corrected chi connectivity index (χ3v) is 4.88. The van der Waals surface area contributed by atoms with Gasteiger partial charge in [-0.15, -0.1) is 0 Å². The number of nitrogens with one attached hydrogen (secondary N) is 2. The van der Waals surface area contributed by atoms with Crippen LogP contribution in [0.5, 0.6) is 11.5 Å². The molecule has 1 amide bonds. The average Bonchev–Trinajstić information content (AvgIpc) is 3.06. The van der Waals surface area contributed by atoms with Crippen molar-refractivity contribution >= 4 is 11.9 Å². The van der Waals surface area contributed by atoms with Crippen LogP contribution in [0.3, 0.4) is 0 Å². The van der Waals surface area contributed by atoms with Crippen molar-refractivity contribution in [3.8, 4) is 11.5 Å². The summed E-state index contributed by atoms with van der Waals surface area (Å²) in [4.78, 5) is 18.7. The molecule has 1 unspecified atom stereocenters. The van der Waals surface area contributed by atoms with Gasteiger partial charge in [-0.05, 0) is 46.8 Å². The zero-order chi connectivity index (χ0) is 21.2. The molecule has 162 valence electrons. The fraction of sp³-hybridized carbons (Fsp3) is 0.636. The number of guanidine groups is 1. The molecule has 7 heteroatoms. The number of hydrogen-bond donors (Lipinski definition) is 2. The van der Waals surface area contributed by atoms with Crippen molar-refractivity contribution in [2.45, 2.75) is 60.1 Å². The molecule has 7 nitrogen and oxygen atoms in total. The van der Waals surface area contributed by atoms with Crippen LogP contribution in [0.4, 0.5) is 0 Å². The lowest BCUT2D eigenvalue weighted by Gasteiger charge is -2.19. The Morgan fingerprint density at radius 3 is 2.66 bits per heavy atom. The van der Waals surface area contributed by atoms with E-state index in [0.717, 1.165) is 43.1 Å². The molecule has 0 bridgehead atoms. The zero-order valence-electron chi connectivity index (χ0n) is 18.5. The minimum absolute atomic E-state index is 0.155. The number of benzene rings is 1. The van der Waals surface area contributed by atoms with Crippen molar-refractivity contribution in [3.63, 3.8) is 0 Å². The molecule has 0 radical (unpaired) electrons. The lowest BCUT2D eigenvalue weighted by atomic mass is 10.1. The summed E-state index contributed by atoms with van der Waals surface area (Å²) in [6.45, 7) is 13.9. The third-order valence-electron chi connectivity index (χ3n) is 4.88. The highest BCUT2D eigenvalue weighted by molar-refractivity contribution is 5.81. The lowest BCUT2D eigenvalue weighted by molar-refractivity contribution is -0.130. The number of fused-ring (bicyclic) bond motifs is 1. The summed E-state index contributed by atoms with van der Waals surface area (Å²) >= 11 is 0. The van der Waals surface area contributed by atoms with Gasteiger partial charge in [0.2, 0.25) is 5.91 Å². The molecule has 1 aromatic rings. The SMILES string of the molecule is CCNC(=NCc1cc2c(cc1OCC)CC(C)O2)NCCC(=O)N(CC)CC. The summed E-state index contributed by atoms with van der Waals surface area (Å²) in [5.41, 5.74) is 2.18. The molecule has 0 fully saturated rings. The quantitative estimate of drug-likeness (QED) is 0.463. The molecule has 2 rings (SSSR count). The van der Waals surface area contributed by atoms with Crippen LogP contribution in [0.15, 0.2) is 17.1 Å². The first-order valence-electron chi connectivity index (χ1n) is 10.8. The summed E-state index contributed by atoms with van der Waals surface area (Å²) in [5, 5.41) is 6.49. The molecule has 0 spiro atoms. The van der Waals surface area contributed by atoms with E-state index in [0.29, 0.717) is 32.1 Å². The maximum absolute atomic E-state index is 12.2. The van der Waals surface area contributed by atoms with E-state index in [2.05, 4.69) is 28.6 Å². The number of aliphatic imine (C=N–C) groups is 1. The Bertz CT molecular complexity index is 702. The number of rotatable bonds is 10. The third kappa shape index (κ3) is 6.54. The molecular weight excluding hydrogens is 368 g/mol. The molecule has 0 aliphatic carbocycles. The number of carbonyl (C=O) groups is 1. The smallest absolute Gasteiger partial charge is 0.224 e. The topological polar surface area (TPSA) is 75.2 Å². The van der Waals surface area contributed by atoms with Gasteiger partial charge in [0.15, 0.2) is 5.96 Å². The molecule has 1 aliphatic heterocycles. The Labute approximate surface area is 174 Å². The van der Waals surface area contributed by atoms with E-state index in [1.807, 2.05) is 38.7 Å². The second kappa shape index (κ2) is 11.5. The van der Waals surface area contributed by atoms with Gasteiger partial charge in [0.25, 0.3) is 0 Å². The van der Waals surface area contributed by atoms with Crippen LogP contribution in [0.1, 0.15) is 52.2 Å². The Hall–Kier alpha value is -2.44. The van der Waals surface area contributed by atoms with Crippen LogP contribution in [0, 0.1) is 0 Å². The fourth-order valence-corrected chi connectivity index (χ4v) is 3.42. The average molecular weight is 405 g/mol. The maximum atomic E-state index is 12.2. The van der Waals surface area contributed by atoms with Gasteiger partial charge >= 0.3 is 0 Å². The first-order valence-corrected chi connectivity index (χ1v) is 10.8. The van der Waals surface area contributed by atoms with Crippen LogP contribution in [0.2, 0.25) is 0 Å². The fourth-order valence-electron chi connectivity index (χ4n) is 3.42. The normalized spacial score (nSPS) is 15.5. The van der Waals surface area contributed by atoms with Crippen molar-refractivity contribution in [1.82, 2.24) is 15.5 Å². The predicted octanol–water partition coefficient (Wildman–Crippen LogP) is 2.72. The minimum atomic E-state index is 0.155. The minimum Gasteiger partial charge on any atom is -0.494 e. The summed E-state index contributed by atoms with van der Waals surface area (Å²) < 4.78 is 11.7. The highest BCUT2D eigenvalue weighted by Gasteiger charge is 2.21. The summed E-state index contributed by atoms with van der Waals surface area (Å²) in [7, 11) is 0. The summed E-state index contributed by atoms with van der Waals surface area (Å²) in [6.07, 6.45) is 1.55. The molecule has 0 saturated carbocycles. The highest BCUT2D eigenvalue weighted by atomic mass is 16.5. The monoisotopic (exact) mass is 404 g/mol. The van der Waals surface area contributed by atoms with E-state index in [-0.39, 0.29) is 12.0 Å². The molecule has 1 heterocycles. The van der Waals surface area contributed by atoms with Gasteiger partial charge in [0.05, 0.1) is 13.2 Å². The van der Waals surface area contributed by atoms with E-state index in [1.54, 1.807) is 0 Å². The Balaban J connectivity index is 2.04. The molecule has 1 aliphatic rings. The number of ether oxygens (including phenoxy) is 2. The zero-order valence-corrected chi connectivity index (χ0v) is 18.5. The maximum Gasteiger partial charge on any atom is 0.224 e. The summed E-state index contributed by atoms with van der Waals surface area (Å²) in [5.74, 6) is 2.63. The van der Waals surface area contributed by atoms with Gasteiger partial charge in [0.1, 0.15) is 17.6 Å². The van der Waals surface area contributed by atoms with Crippen LogP contribution in [-0.2, 0) is 17.8 Å². The molecule has 0 aromatic heterocycles. The van der Waals surface area contributed by atoms with Gasteiger partial charge < -0.3 is 25.0 Å². The summed E-state index contributed by atoms with van der Waals surface area (Å²) in [6, 6.07) is 4.12. The van der Waals surface area contributed by atoms with Crippen molar-refractivity contribution in [3.05, 3.63) is 23.3 Å². The van der Waals surface area contributed by atoms with Gasteiger partial charge in [-0.25, -0.2) is 4.99 Å². The predicted molar refractivity (Wildman–Crippen MR) is 117 cm³/mol. The molecule has 29 heavy (non-hydrogen) atoms. The Morgan fingerprint density at radius 2 is 2.00 bits per heavy atom. The van der Waals surface area contributed by atoms with Crippen molar-refractivity contribution in [2.24, 2.45) is 4.99 Å². The Kier molecular flexibility index (Phi) is 9.09. The number of hydrogen-bond acceptors (Lipinski definition) is 4. The first kappa shape index (κ1) is 22.8. The molecular formula is C22H36N4O3. The van der Waals surface area contributed by atoms with Crippen molar-refractivity contribution < 1.29 is 14.3 Å².